The van der Waals surface area contributed by atoms with Crippen LogP contribution in [0.5, 0.6) is 11.5 Å². The van der Waals surface area contributed by atoms with Gasteiger partial charge in [0.2, 0.25) is 0 Å². The van der Waals surface area contributed by atoms with Crippen LogP contribution >= 0.6 is 15.9 Å². The Morgan fingerprint density at radius 3 is 2.91 bits per heavy atom. The van der Waals surface area contributed by atoms with Gasteiger partial charge in [-0.1, -0.05) is 12.1 Å². The predicted octanol–water partition coefficient (Wildman–Crippen LogP) is 2.76. The number of carbonyl (C=O) groups is 1. The van der Waals surface area contributed by atoms with Gasteiger partial charge in [0.15, 0.2) is 17.6 Å². The van der Waals surface area contributed by atoms with Crippen LogP contribution in [-0.2, 0) is 0 Å². The van der Waals surface area contributed by atoms with Crippen molar-refractivity contribution in [2.75, 3.05) is 20.2 Å². The Morgan fingerprint density at radius 2 is 2.14 bits per heavy atom. The Kier molecular flexibility index (Phi) is 4.29. The zero-order chi connectivity index (χ0) is 15.5. The fourth-order valence-electron chi connectivity index (χ4n) is 2.29. The van der Waals surface area contributed by atoms with Crippen LogP contribution in [0.3, 0.4) is 0 Å². The Morgan fingerprint density at radius 1 is 1.36 bits per heavy atom. The van der Waals surface area contributed by atoms with E-state index in [2.05, 4.69) is 20.9 Å². The topological polar surface area (TPSA) is 51.7 Å². The van der Waals surface area contributed by atoms with Crippen LogP contribution in [0.1, 0.15) is 10.4 Å². The molecule has 2 heterocycles. The van der Waals surface area contributed by atoms with E-state index in [-0.39, 0.29) is 12.0 Å². The molecule has 3 rings (SSSR count). The number of likely N-dealkylation sites (N-methyl/N-ethyl adjacent to an activating group) is 1. The third-order valence-corrected chi connectivity index (χ3v) is 3.78. The number of hydrogen-bond donors (Lipinski definition) is 0. The Bertz CT molecular complexity index is 693. The highest BCUT2D eigenvalue weighted by Gasteiger charge is 2.24. The molecule has 0 N–H and O–H groups in total. The van der Waals surface area contributed by atoms with Gasteiger partial charge < -0.3 is 14.4 Å². The van der Waals surface area contributed by atoms with Crippen molar-refractivity contribution in [3.63, 3.8) is 0 Å². The number of benzene rings is 1. The second kappa shape index (κ2) is 6.36. The van der Waals surface area contributed by atoms with Gasteiger partial charge in [-0.15, -0.1) is 0 Å². The molecule has 1 atom stereocenters. The first kappa shape index (κ1) is 14.8. The van der Waals surface area contributed by atoms with Crippen molar-refractivity contribution in [3.05, 3.63) is 52.8 Å². The fraction of sp³-hybridized carbons (Fsp3) is 0.250. The van der Waals surface area contributed by atoms with Crippen molar-refractivity contribution in [1.82, 2.24) is 9.88 Å². The van der Waals surface area contributed by atoms with Crippen LogP contribution in [-0.4, -0.2) is 42.1 Å². The number of aromatic nitrogens is 1. The molecule has 2 aromatic rings. The molecule has 0 bridgehead atoms. The Balaban J connectivity index is 1.65. The lowest BCUT2D eigenvalue weighted by Gasteiger charge is -2.29. The van der Waals surface area contributed by atoms with Gasteiger partial charge in [0.25, 0.3) is 5.91 Å². The van der Waals surface area contributed by atoms with Crippen LogP contribution < -0.4 is 9.47 Å². The van der Waals surface area contributed by atoms with E-state index in [9.17, 15) is 4.79 Å². The van der Waals surface area contributed by atoms with Crippen molar-refractivity contribution in [3.8, 4) is 11.5 Å². The molecule has 114 valence electrons. The average molecular weight is 363 g/mol. The van der Waals surface area contributed by atoms with E-state index >= 15 is 0 Å². The standard InChI is InChI=1S/C16H15BrN2O3/c1-19(16(20)11-6-12(17)8-18-7-11)9-13-10-21-14-4-2-3-5-15(14)22-13/h2-8,13H,9-10H2,1H3. The Hall–Kier alpha value is -2.08. The third kappa shape index (κ3) is 3.22. The molecule has 1 amide bonds. The first-order valence-corrected chi connectivity index (χ1v) is 7.67. The number of nitrogens with zero attached hydrogens (tertiary/aromatic N) is 2. The minimum Gasteiger partial charge on any atom is -0.486 e. The van der Waals surface area contributed by atoms with E-state index in [1.54, 1.807) is 30.4 Å². The molecule has 1 aliphatic heterocycles. The highest BCUT2D eigenvalue weighted by molar-refractivity contribution is 9.10. The molecule has 1 aromatic heterocycles. The summed E-state index contributed by atoms with van der Waals surface area (Å²) < 4.78 is 12.3. The molecule has 1 unspecified atom stereocenters. The smallest absolute Gasteiger partial charge is 0.255 e. The zero-order valence-corrected chi connectivity index (χ0v) is 13.6. The monoisotopic (exact) mass is 362 g/mol. The van der Waals surface area contributed by atoms with Gasteiger partial charge in [-0.05, 0) is 34.1 Å². The summed E-state index contributed by atoms with van der Waals surface area (Å²) in [6, 6.07) is 9.28. The van der Waals surface area contributed by atoms with E-state index in [1.165, 1.54) is 0 Å². The summed E-state index contributed by atoms with van der Waals surface area (Å²) in [5.74, 6) is 1.35. The van der Waals surface area contributed by atoms with Gasteiger partial charge in [-0.25, -0.2) is 0 Å². The van der Waals surface area contributed by atoms with Crippen LogP contribution in [0.4, 0.5) is 0 Å². The molecule has 0 saturated heterocycles. The van der Waals surface area contributed by atoms with Gasteiger partial charge >= 0.3 is 0 Å². The SMILES string of the molecule is CN(CC1COc2ccccc2O1)C(=O)c1cncc(Br)c1. The molecular weight excluding hydrogens is 348 g/mol. The van der Waals surface area contributed by atoms with E-state index in [1.807, 2.05) is 24.3 Å². The molecule has 0 radical (unpaired) electrons. The highest BCUT2D eigenvalue weighted by Crippen LogP contribution is 2.31. The van der Waals surface area contributed by atoms with Crippen molar-refractivity contribution in [1.29, 1.82) is 0 Å². The van der Waals surface area contributed by atoms with Crippen LogP contribution in [0, 0.1) is 0 Å². The van der Waals surface area contributed by atoms with Crippen LogP contribution in [0.15, 0.2) is 47.2 Å². The Labute approximate surface area is 137 Å². The van der Waals surface area contributed by atoms with Gasteiger partial charge in [-0.3, -0.25) is 9.78 Å². The van der Waals surface area contributed by atoms with E-state index < -0.39 is 0 Å². The number of rotatable bonds is 3. The van der Waals surface area contributed by atoms with Gasteiger partial charge in [-0.2, -0.15) is 0 Å². The van der Waals surface area contributed by atoms with E-state index in [0.29, 0.717) is 24.5 Å². The van der Waals surface area contributed by atoms with Crippen LogP contribution in [0.25, 0.3) is 0 Å². The predicted molar refractivity (Wildman–Crippen MR) is 85.3 cm³/mol. The van der Waals surface area contributed by atoms with Crippen LogP contribution in [0.2, 0.25) is 0 Å². The number of carbonyl (C=O) groups excluding carboxylic acids is 1. The maximum atomic E-state index is 12.4. The molecule has 0 fully saturated rings. The first-order chi connectivity index (χ1) is 10.6. The molecule has 1 aliphatic rings. The molecule has 0 spiro atoms. The quantitative estimate of drug-likeness (QED) is 0.842. The number of amides is 1. The lowest BCUT2D eigenvalue weighted by molar-refractivity contribution is 0.0520. The number of hydrogen-bond acceptors (Lipinski definition) is 4. The molecule has 6 heteroatoms. The number of ether oxygens (including phenoxy) is 2. The number of halogens is 1. The third-order valence-electron chi connectivity index (χ3n) is 3.34. The summed E-state index contributed by atoms with van der Waals surface area (Å²) in [6.07, 6.45) is 3.01. The maximum Gasteiger partial charge on any atom is 0.255 e. The second-order valence-corrected chi connectivity index (χ2v) is 5.99. The number of fused-ring (bicyclic) bond motifs is 1. The minimum atomic E-state index is -0.191. The van der Waals surface area contributed by atoms with Crippen molar-refractivity contribution in [2.45, 2.75) is 6.10 Å². The van der Waals surface area contributed by atoms with Crippen molar-refractivity contribution < 1.29 is 14.3 Å². The summed E-state index contributed by atoms with van der Waals surface area (Å²) in [5.41, 5.74) is 0.536. The molecule has 22 heavy (non-hydrogen) atoms. The summed E-state index contributed by atoms with van der Waals surface area (Å²) in [7, 11) is 1.74. The summed E-state index contributed by atoms with van der Waals surface area (Å²) in [5, 5.41) is 0. The molecule has 1 aromatic carbocycles. The largest absolute Gasteiger partial charge is 0.486 e. The zero-order valence-electron chi connectivity index (χ0n) is 12.0. The van der Waals surface area contributed by atoms with E-state index in [0.717, 1.165) is 10.2 Å². The molecule has 0 saturated carbocycles. The average Bonchev–Trinajstić information content (AvgIpc) is 2.54. The van der Waals surface area contributed by atoms with Gasteiger partial charge in [0, 0.05) is 23.9 Å². The lowest BCUT2D eigenvalue weighted by atomic mass is 10.2. The van der Waals surface area contributed by atoms with Crippen molar-refractivity contribution in [2.24, 2.45) is 0 Å². The summed E-state index contributed by atoms with van der Waals surface area (Å²) in [6.45, 7) is 0.866. The summed E-state index contributed by atoms with van der Waals surface area (Å²) >= 11 is 3.32. The molecule has 0 aliphatic carbocycles. The molecular formula is C16H15BrN2O3. The number of pyridine rings is 1. The first-order valence-electron chi connectivity index (χ1n) is 6.88. The lowest BCUT2D eigenvalue weighted by Crippen LogP contribution is -2.41. The molecule has 5 nitrogen and oxygen atoms in total. The second-order valence-electron chi connectivity index (χ2n) is 5.08. The normalized spacial score (nSPS) is 16.2. The van der Waals surface area contributed by atoms with E-state index in [4.69, 9.17) is 9.47 Å². The maximum absolute atomic E-state index is 12.4. The van der Waals surface area contributed by atoms with Gasteiger partial charge in [0.1, 0.15) is 6.61 Å². The fourth-order valence-corrected chi connectivity index (χ4v) is 2.66. The number of para-hydroxylation sites is 2. The van der Waals surface area contributed by atoms with Gasteiger partial charge in [0.05, 0.1) is 12.1 Å². The minimum absolute atomic E-state index is 0.101. The summed E-state index contributed by atoms with van der Waals surface area (Å²) in [4.78, 5) is 18.0. The highest BCUT2D eigenvalue weighted by atomic mass is 79.9. The van der Waals surface area contributed by atoms with Crippen molar-refractivity contribution >= 4 is 21.8 Å².